The number of phenols is 1. The van der Waals surface area contributed by atoms with Gasteiger partial charge in [0, 0.05) is 6.07 Å². The molecule has 2 rings (SSSR count). The number of hydrogen-bond donors (Lipinski definition) is 1. The lowest BCUT2D eigenvalue weighted by Gasteiger charge is -2.13. The largest absolute Gasteiger partial charge is 0.504 e. The van der Waals surface area contributed by atoms with Gasteiger partial charge in [-0.3, -0.25) is 0 Å². The molecule has 0 atom stereocenters. The Bertz CT molecular complexity index is 629. The van der Waals surface area contributed by atoms with Gasteiger partial charge in [0.25, 0.3) is 0 Å². The molecule has 0 heterocycles. The van der Waals surface area contributed by atoms with E-state index in [1.165, 1.54) is 20.3 Å². The molecule has 0 radical (unpaired) electrons. The first-order valence-corrected chi connectivity index (χ1v) is 6.39. The lowest BCUT2D eigenvalue weighted by atomic mass is 10.3. The van der Waals surface area contributed by atoms with Crippen molar-refractivity contribution < 1.29 is 19.3 Å². The molecule has 0 aromatic heterocycles. The van der Waals surface area contributed by atoms with E-state index < -0.39 is 0 Å². The standard InChI is InChI=1S/C14H12Cl2O4/c1-18-11-5-3-8(7-9(11)15)20-14-10(17)4-6-12(19-2)13(14)16/h3-7,17H,1-2H3. The van der Waals surface area contributed by atoms with Crippen molar-refractivity contribution in [3.8, 4) is 28.7 Å². The summed E-state index contributed by atoms with van der Waals surface area (Å²) in [6, 6.07) is 7.86. The molecule has 0 spiro atoms. The van der Waals surface area contributed by atoms with Gasteiger partial charge in [0.1, 0.15) is 22.3 Å². The molecule has 0 aliphatic rings. The summed E-state index contributed by atoms with van der Waals surface area (Å²) in [5.41, 5.74) is 0. The van der Waals surface area contributed by atoms with Crippen LogP contribution in [-0.4, -0.2) is 19.3 Å². The molecule has 0 fully saturated rings. The molecule has 0 saturated heterocycles. The van der Waals surface area contributed by atoms with Crippen molar-refractivity contribution in [1.29, 1.82) is 0 Å². The van der Waals surface area contributed by atoms with Crippen LogP contribution in [0.25, 0.3) is 0 Å². The van der Waals surface area contributed by atoms with Crippen LogP contribution in [0.3, 0.4) is 0 Å². The average molecular weight is 315 g/mol. The molecular formula is C14H12Cl2O4. The Hall–Kier alpha value is -1.78. The minimum Gasteiger partial charge on any atom is -0.504 e. The van der Waals surface area contributed by atoms with Crippen LogP contribution in [0, 0.1) is 0 Å². The summed E-state index contributed by atoms with van der Waals surface area (Å²) in [4.78, 5) is 0. The van der Waals surface area contributed by atoms with Crippen LogP contribution in [0.5, 0.6) is 28.7 Å². The molecule has 4 nitrogen and oxygen atoms in total. The van der Waals surface area contributed by atoms with Crippen molar-refractivity contribution in [2.45, 2.75) is 0 Å². The third kappa shape index (κ3) is 2.86. The van der Waals surface area contributed by atoms with Gasteiger partial charge in [-0.2, -0.15) is 0 Å². The first kappa shape index (κ1) is 14.6. The van der Waals surface area contributed by atoms with E-state index in [4.69, 9.17) is 37.4 Å². The van der Waals surface area contributed by atoms with Crippen LogP contribution in [0.2, 0.25) is 10.0 Å². The van der Waals surface area contributed by atoms with E-state index >= 15 is 0 Å². The van der Waals surface area contributed by atoms with Crippen LogP contribution >= 0.6 is 23.2 Å². The Morgan fingerprint density at radius 1 is 0.950 bits per heavy atom. The first-order valence-electron chi connectivity index (χ1n) is 5.63. The van der Waals surface area contributed by atoms with Gasteiger partial charge < -0.3 is 19.3 Å². The Morgan fingerprint density at radius 2 is 1.60 bits per heavy atom. The summed E-state index contributed by atoms with van der Waals surface area (Å²) in [5.74, 6) is 1.36. The van der Waals surface area contributed by atoms with Crippen molar-refractivity contribution in [3.05, 3.63) is 40.4 Å². The van der Waals surface area contributed by atoms with Crippen LogP contribution in [0.4, 0.5) is 0 Å². The van der Waals surface area contributed by atoms with Crippen molar-refractivity contribution in [3.63, 3.8) is 0 Å². The number of phenolic OH excluding ortho intramolecular Hbond substituents is 1. The molecule has 0 bridgehead atoms. The molecule has 0 unspecified atom stereocenters. The van der Waals surface area contributed by atoms with Gasteiger partial charge in [-0.25, -0.2) is 0 Å². The maximum Gasteiger partial charge on any atom is 0.191 e. The second kappa shape index (κ2) is 6.11. The van der Waals surface area contributed by atoms with E-state index in [0.717, 1.165) is 0 Å². The molecule has 20 heavy (non-hydrogen) atoms. The number of benzene rings is 2. The molecule has 2 aromatic carbocycles. The fourth-order valence-corrected chi connectivity index (χ4v) is 2.13. The topological polar surface area (TPSA) is 47.9 Å². The Kier molecular flexibility index (Phi) is 4.47. The third-order valence-corrected chi connectivity index (χ3v) is 3.26. The number of ether oxygens (including phenoxy) is 3. The number of aromatic hydroxyl groups is 1. The molecule has 6 heteroatoms. The maximum atomic E-state index is 9.82. The second-order valence-electron chi connectivity index (χ2n) is 3.83. The van der Waals surface area contributed by atoms with Gasteiger partial charge in [-0.15, -0.1) is 0 Å². The number of halogens is 2. The lowest BCUT2D eigenvalue weighted by molar-refractivity contribution is 0.390. The van der Waals surface area contributed by atoms with Crippen LogP contribution in [-0.2, 0) is 0 Å². The predicted molar refractivity (Wildman–Crippen MR) is 77.7 cm³/mol. The molecule has 2 aromatic rings. The van der Waals surface area contributed by atoms with Crippen molar-refractivity contribution in [2.24, 2.45) is 0 Å². The van der Waals surface area contributed by atoms with Gasteiger partial charge in [0.05, 0.1) is 19.2 Å². The summed E-state index contributed by atoms with van der Waals surface area (Å²) in [6.07, 6.45) is 0. The monoisotopic (exact) mass is 314 g/mol. The molecule has 1 N–H and O–H groups in total. The summed E-state index contributed by atoms with van der Waals surface area (Å²) in [7, 11) is 3.00. The normalized spacial score (nSPS) is 10.2. The Morgan fingerprint density at radius 3 is 2.20 bits per heavy atom. The summed E-state index contributed by atoms with van der Waals surface area (Å²) < 4.78 is 15.7. The van der Waals surface area contributed by atoms with Gasteiger partial charge in [0.2, 0.25) is 0 Å². The Balaban J connectivity index is 2.37. The maximum absolute atomic E-state index is 9.82. The van der Waals surface area contributed by atoms with Gasteiger partial charge in [-0.05, 0) is 24.3 Å². The smallest absolute Gasteiger partial charge is 0.191 e. The highest BCUT2D eigenvalue weighted by Gasteiger charge is 2.15. The zero-order chi connectivity index (χ0) is 14.7. The fraction of sp³-hybridized carbons (Fsp3) is 0.143. The zero-order valence-electron chi connectivity index (χ0n) is 10.8. The summed E-state index contributed by atoms with van der Waals surface area (Å²) in [6.45, 7) is 0. The molecule has 0 saturated carbocycles. The zero-order valence-corrected chi connectivity index (χ0v) is 12.3. The lowest BCUT2D eigenvalue weighted by Crippen LogP contribution is -1.91. The SMILES string of the molecule is COc1ccc(Oc2c(O)ccc(OC)c2Cl)cc1Cl. The molecule has 106 valence electrons. The minimum absolute atomic E-state index is 0.0947. The van der Waals surface area contributed by atoms with E-state index in [1.807, 2.05) is 0 Å². The van der Waals surface area contributed by atoms with Crippen molar-refractivity contribution >= 4 is 23.2 Å². The molecule has 0 aliphatic heterocycles. The van der Waals surface area contributed by atoms with Crippen molar-refractivity contribution in [1.82, 2.24) is 0 Å². The third-order valence-electron chi connectivity index (χ3n) is 2.60. The highest BCUT2D eigenvalue weighted by molar-refractivity contribution is 6.34. The highest BCUT2D eigenvalue weighted by atomic mass is 35.5. The first-order chi connectivity index (χ1) is 9.56. The van der Waals surface area contributed by atoms with Gasteiger partial charge >= 0.3 is 0 Å². The fourth-order valence-electron chi connectivity index (χ4n) is 1.61. The number of rotatable bonds is 4. The Labute approximate surface area is 126 Å². The van der Waals surface area contributed by atoms with Crippen LogP contribution < -0.4 is 14.2 Å². The number of methoxy groups -OCH3 is 2. The summed E-state index contributed by atoms with van der Waals surface area (Å²) >= 11 is 12.1. The van der Waals surface area contributed by atoms with Crippen LogP contribution in [0.15, 0.2) is 30.3 Å². The van der Waals surface area contributed by atoms with Crippen molar-refractivity contribution in [2.75, 3.05) is 14.2 Å². The van der Waals surface area contributed by atoms with Crippen LogP contribution in [0.1, 0.15) is 0 Å². The molecule has 0 aliphatic carbocycles. The van der Waals surface area contributed by atoms with E-state index in [0.29, 0.717) is 22.3 Å². The van der Waals surface area contributed by atoms with E-state index in [2.05, 4.69) is 0 Å². The summed E-state index contributed by atoms with van der Waals surface area (Å²) in [5, 5.41) is 10.4. The molecular weight excluding hydrogens is 303 g/mol. The molecule has 0 amide bonds. The van der Waals surface area contributed by atoms with Gasteiger partial charge in [0.15, 0.2) is 11.5 Å². The minimum atomic E-state index is -0.0947. The van der Waals surface area contributed by atoms with E-state index in [-0.39, 0.29) is 16.5 Å². The van der Waals surface area contributed by atoms with E-state index in [1.54, 1.807) is 24.3 Å². The van der Waals surface area contributed by atoms with E-state index in [9.17, 15) is 5.11 Å². The number of hydrogen-bond acceptors (Lipinski definition) is 4. The quantitative estimate of drug-likeness (QED) is 0.902. The van der Waals surface area contributed by atoms with Gasteiger partial charge in [-0.1, -0.05) is 23.2 Å². The predicted octanol–water partition coefficient (Wildman–Crippen LogP) is 4.51. The average Bonchev–Trinajstić information content (AvgIpc) is 2.44. The highest BCUT2D eigenvalue weighted by Crippen LogP contribution is 2.43. The second-order valence-corrected chi connectivity index (χ2v) is 4.61.